The average Bonchev–Trinajstić information content (AvgIpc) is 2.79. The molecular formula is C24H32O6. The van der Waals surface area contributed by atoms with E-state index in [0.29, 0.717) is 18.6 Å². The van der Waals surface area contributed by atoms with Crippen molar-refractivity contribution in [2.75, 3.05) is 6.61 Å². The highest BCUT2D eigenvalue weighted by atomic mass is 16.6. The predicted molar refractivity (Wildman–Crippen MR) is 108 cm³/mol. The van der Waals surface area contributed by atoms with E-state index in [1.807, 2.05) is 0 Å². The van der Waals surface area contributed by atoms with E-state index in [-0.39, 0.29) is 29.0 Å². The van der Waals surface area contributed by atoms with Crippen LogP contribution in [0.4, 0.5) is 0 Å². The minimum atomic E-state index is -2.09. The molecule has 6 nitrogen and oxygen atoms in total. The zero-order valence-corrected chi connectivity index (χ0v) is 18.0. The number of ether oxygens (including phenoxy) is 2. The number of hydrogen-bond acceptors (Lipinski definition) is 6. The highest BCUT2D eigenvalue weighted by Crippen LogP contribution is 2.76. The van der Waals surface area contributed by atoms with Gasteiger partial charge in [0.2, 0.25) is 5.79 Å². The molecule has 6 fully saturated rings. The maximum atomic E-state index is 13.8. The van der Waals surface area contributed by atoms with Crippen LogP contribution in [-0.4, -0.2) is 46.6 Å². The Morgan fingerprint density at radius 1 is 1.30 bits per heavy atom. The monoisotopic (exact) mass is 416 g/mol. The molecule has 6 heteroatoms. The standard InChI is InChI=1S/C24H32O6/c1-5-7-16(25)30-20-14-8-9-15-22-11-6-10-21(3,4)17(22)19(27)24(28,29-12-22)23(15,20)18(26)13(14)2/h5,7,14-15,17,19-20,27-28H,2,6,8-12H2,1,3-4H3/b7-5+/t14-,15-,17+,19-,20+,22+,23-,24+/m0/s1. The zero-order chi connectivity index (χ0) is 21.7. The second-order valence-electron chi connectivity index (χ2n) is 10.8. The average molecular weight is 417 g/mol. The van der Waals surface area contributed by atoms with Crippen LogP contribution in [0.15, 0.2) is 24.3 Å². The molecule has 0 aromatic heterocycles. The van der Waals surface area contributed by atoms with Crippen LogP contribution in [0.3, 0.4) is 0 Å². The fraction of sp³-hybridized carbons (Fsp3) is 0.750. The molecule has 0 radical (unpaired) electrons. The Balaban J connectivity index is 1.73. The van der Waals surface area contributed by atoms with Gasteiger partial charge in [-0.15, -0.1) is 0 Å². The van der Waals surface area contributed by atoms with Crippen molar-refractivity contribution in [2.45, 2.75) is 70.9 Å². The number of fused-ring (bicyclic) bond motifs is 2. The van der Waals surface area contributed by atoms with E-state index >= 15 is 0 Å². The number of rotatable bonds is 2. The van der Waals surface area contributed by atoms with Crippen molar-refractivity contribution >= 4 is 11.8 Å². The van der Waals surface area contributed by atoms with Gasteiger partial charge in [-0.25, -0.2) is 4.79 Å². The third kappa shape index (κ3) is 2.01. The molecule has 4 aliphatic carbocycles. The first-order valence-corrected chi connectivity index (χ1v) is 11.2. The van der Waals surface area contributed by atoms with Crippen molar-refractivity contribution in [2.24, 2.45) is 34.0 Å². The van der Waals surface area contributed by atoms with Gasteiger partial charge in [0.25, 0.3) is 0 Å². The van der Waals surface area contributed by atoms with Crippen molar-refractivity contribution < 1.29 is 29.3 Å². The van der Waals surface area contributed by atoms with E-state index in [1.54, 1.807) is 13.0 Å². The number of allylic oxidation sites excluding steroid dienone is 1. The zero-order valence-electron chi connectivity index (χ0n) is 18.0. The lowest BCUT2D eigenvalue weighted by Crippen LogP contribution is -2.83. The molecule has 2 aliphatic heterocycles. The summed E-state index contributed by atoms with van der Waals surface area (Å²) in [6, 6.07) is 0. The number of Topliss-reactive ketones (excluding diaryl/α,β-unsaturated/α-hetero) is 1. The van der Waals surface area contributed by atoms with Gasteiger partial charge in [-0.1, -0.05) is 32.9 Å². The van der Waals surface area contributed by atoms with E-state index in [4.69, 9.17) is 9.47 Å². The maximum absolute atomic E-state index is 13.8. The maximum Gasteiger partial charge on any atom is 0.330 e. The second kappa shape index (κ2) is 6.05. The molecule has 2 heterocycles. The number of carbonyl (C=O) groups is 2. The highest BCUT2D eigenvalue weighted by Gasteiger charge is 2.86. The number of aliphatic hydroxyl groups is 2. The Labute approximate surface area is 177 Å². The Bertz CT molecular complexity index is 860. The molecule has 30 heavy (non-hydrogen) atoms. The van der Waals surface area contributed by atoms with Crippen molar-refractivity contribution in [1.29, 1.82) is 0 Å². The number of aliphatic hydroxyl groups excluding tert-OH is 1. The summed E-state index contributed by atoms with van der Waals surface area (Å²) in [7, 11) is 0. The van der Waals surface area contributed by atoms with Crippen LogP contribution >= 0.6 is 0 Å². The van der Waals surface area contributed by atoms with Crippen molar-refractivity contribution in [3.8, 4) is 0 Å². The normalized spacial score (nSPS) is 51.0. The summed E-state index contributed by atoms with van der Waals surface area (Å²) >= 11 is 0. The van der Waals surface area contributed by atoms with E-state index in [9.17, 15) is 19.8 Å². The first-order chi connectivity index (χ1) is 14.1. The first kappa shape index (κ1) is 20.4. The number of hydrogen-bond donors (Lipinski definition) is 2. The van der Waals surface area contributed by atoms with E-state index < -0.39 is 34.8 Å². The first-order valence-electron chi connectivity index (χ1n) is 11.2. The molecule has 4 saturated carbocycles. The lowest BCUT2D eigenvalue weighted by atomic mass is 9.36. The Morgan fingerprint density at radius 2 is 2.03 bits per heavy atom. The van der Waals surface area contributed by atoms with Gasteiger partial charge in [0.1, 0.15) is 17.6 Å². The third-order valence-electron chi connectivity index (χ3n) is 9.28. The lowest BCUT2D eigenvalue weighted by molar-refractivity contribution is -0.448. The lowest BCUT2D eigenvalue weighted by Gasteiger charge is -2.73. The predicted octanol–water partition coefficient (Wildman–Crippen LogP) is 2.53. The molecule has 2 spiro atoms. The van der Waals surface area contributed by atoms with Crippen LogP contribution in [0.5, 0.6) is 0 Å². The molecule has 6 rings (SSSR count). The van der Waals surface area contributed by atoms with Crippen molar-refractivity contribution in [1.82, 2.24) is 0 Å². The molecule has 0 unspecified atom stereocenters. The summed E-state index contributed by atoms with van der Waals surface area (Å²) in [6.45, 7) is 10.4. The molecule has 0 amide bonds. The van der Waals surface area contributed by atoms with Gasteiger partial charge in [-0.2, -0.15) is 0 Å². The van der Waals surface area contributed by atoms with Gasteiger partial charge in [0.05, 0.1) is 6.61 Å². The summed E-state index contributed by atoms with van der Waals surface area (Å²) in [6.07, 6.45) is 4.99. The molecule has 0 aromatic rings. The highest BCUT2D eigenvalue weighted by molar-refractivity contribution is 6.05. The summed E-state index contributed by atoms with van der Waals surface area (Å²) in [5.41, 5.74) is -1.73. The van der Waals surface area contributed by atoms with E-state index in [0.717, 1.165) is 25.7 Å². The fourth-order valence-electron chi connectivity index (χ4n) is 8.43. The number of carbonyl (C=O) groups excluding carboxylic acids is 2. The second-order valence-corrected chi connectivity index (χ2v) is 10.8. The minimum absolute atomic E-state index is 0.182. The number of ketones is 1. The van der Waals surface area contributed by atoms with Gasteiger partial charge in [-0.3, -0.25) is 4.79 Å². The van der Waals surface area contributed by atoms with E-state index in [2.05, 4.69) is 20.4 Å². The summed E-state index contributed by atoms with van der Waals surface area (Å²) in [5.74, 6) is -3.69. The smallest absolute Gasteiger partial charge is 0.330 e. The van der Waals surface area contributed by atoms with Gasteiger partial charge < -0.3 is 19.7 Å². The van der Waals surface area contributed by atoms with Crippen molar-refractivity contribution in [3.63, 3.8) is 0 Å². The summed E-state index contributed by atoms with van der Waals surface area (Å²) < 4.78 is 11.9. The van der Waals surface area contributed by atoms with E-state index in [1.165, 1.54) is 6.08 Å². The summed E-state index contributed by atoms with van der Waals surface area (Å²) in [5, 5.41) is 23.6. The Morgan fingerprint density at radius 3 is 2.73 bits per heavy atom. The van der Waals surface area contributed by atoms with Crippen LogP contribution < -0.4 is 0 Å². The van der Waals surface area contributed by atoms with Gasteiger partial charge in [0, 0.05) is 23.3 Å². The van der Waals surface area contributed by atoms with Gasteiger partial charge >= 0.3 is 5.97 Å². The number of esters is 1. The van der Waals surface area contributed by atoms with Gasteiger partial charge in [-0.05, 0) is 49.5 Å². The SMILES string of the molecule is C=C1C(=O)[C@]23[C@H](OC(=O)/C=C/C)[C@H]1CC[C@H]2[C@]12CCCC(C)(C)[C@H]1[C@H](O)[C@@]3(O)OC2. The molecule has 4 bridgehead atoms. The third-order valence-corrected chi connectivity index (χ3v) is 9.28. The topological polar surface area (TPSA) is 93.1 Å². The quantitative estimate of drug-likeness (QED) is 0.531. The van der Waals surface area contributed by atoms with Crippen LogP contribution in [-0.2, 0) is 19.1 Å². The van der Waals surface area contributed by atoms with Crippen LogP contribution in [0.25, 0.3) is 0 Å². The fourth-order valence-corrected chi connectivity index (χ4v) is 8.43. The van der Waals surface area contributed by atoms with Crippen LogP contribution in [0, 0.1) is 34.0 Å². The molecule has 6 aliphatic rings. The molecule has 2 saturated heterocycles. The molecule has 2 N–H and O–H groups in total. The Hall–Kier alpha value is -1.50. The summed E-state index contributed by atoms with van der Waals surface area (Å²) in [4.78, 5) is 26.3. The molecule has 0 aromatic carbocycles. The van der Waals surface area contributed by atoms with Crippen LogP contribution in [0.2, 0.25) is 0 Å². The largest absolute Gasteiger partial charge is 0.457 e. The molecule has 8 atom stereocenters. The van der Waals surface area contributed by atoms with Crippen LogP contribution in [0.1, 0.15) is 52.9 Å². The molecule has 164 valence electrons. The Kier molecular flexibility index (Phi) is 4.11. The van der Waals surface area contributed by atoms with Crippen molar-refractivity contribution in [3.05, 3.63) is 24.3 Å². The van der Waals surface area contributed by atoms with Gasteiger partial charge in [0.15, 0.2) is 5.78 Å². The minimum Gasteiger partial charge on any atom is -0.457 e. The molecular weight excluding hydrogens is 384 g/mol.